The van der Waals surface area contributed by atoms with Crippen molar-refractivity contribution in [2.24, 2.45) is 0 Å². The molecule has 7 heteroatoms. The molecule has 0 unspecified atom stereocenters. The van der Waals surface area contributed by atoms with Gasteiger partial charge in [0.05, 0.1) is 5.02 Å². The maximum atomic E-state index is 12.7. The van der Waals surface area contributed by atoms with Gasteiger partial charge in [-0.05, 0) is 44.9 Å². The first kappa shape index (κ1) is 18.4. The number of carbonyl (C=O) groups is 1. The SMILES string of the molecule is C/C=C(\C)c1cc(O)c(C)c2c1Oc1c(Cl)c(O)c(Cl)c(C)c1C(=O)O2. The van der Waals surface area contributed by atoms with Crippen LogP contribution in [0.5, 0.6) is 28.7 Å². The number of carbonyl (C=O) groups excluding carboxylic acids is 1. The number of allylic oxidation sites excluding steroid dienone is 2. The summed E-state index contributed by atoms with van der Waals surface area (Å²) in [6.45, 7) is 6.82. The van der Waals surface area contributed by atoms with Gasteiger partial charge >= 0.3 is 5.97 Å². The Morgan fingerprint density at radius 2 is 1.69 bits per heavy atom. The Balaban J connectivity index is 2.40. The van der Waals surface area contributed by atoms with Crippen LogP contribution in [0.25, 0.3) is 5.57 Å². The van der Waals surface area contributed by atoms with Crippen LogP contribution in [0.2, 0.25) is 10.0 Å². The number of ether oxygens (including phenoxy) is 2. The van der Waals surface area contributed by atoms with E-state index in [0.29, 0.717) is 11.1 Å². The average Bonchev–Trinajstić information content (AvgIpc) is 2.77. The lowest BCUT2D eigenvalue weighted by Gasteiger charge is -2.17. The van der Waals surface area contributed by atoms with Crippen LogP contribution in [-0.2, 0) is 0 Å². The molecule has 1 aliphatic rings. The van der Waals surface area contributed by atoms with E-state index in [9.17, 15) is 15.0 Å². The molecule has 26 heavy (non-hydrogen) atoms. The van der Waals surface area contributed by atoms with Crippen LogP contribution in [0.1, 0.15) is 40.9 Å². The second-order valence-corrected chi connectivity index (χ2v) is 6.75. The van der Waals surface area contributed by atoms with E-state index < -0.39 is 5.97 Å². The molecule has 2 N–H and O–H groups in total. The zero-order valence-electron chi connectivity index (χ0n) is 14.5. The number of esters is 1. The van der Waals surface area contributed by atoms with Crippen LogP contribution in [0.15, 0.2) is 12.1 Å². The molecule has 2 aromatic carbocycles. The first-order valence-corrected chi connectivity index (χ1v) is 8.55. The van der Waals surface area contributed by atoms with Gasteiger partial charge < -0.3 is 19.7 Å². The lowest BCUT2D eigenvalue weighted by molar-refractivity contribution is 0.0735. The fourth-order valence-corrected chi connectivity index (χ4v) is 3.22. The third-order valence-electron chi connectivity index (χ3n) is 4.46. The molecule has 0 aliphatic carbocycles. The molecular weight excluding hydrogens is 379 g/mol. The van der Waals surface area contributed by atoms with Gasteiger partial charge in [-0.3, -0.25) is 0 Å². The summed E-state index contributed by atoms with van der Waals surface area (Å²) >= 11 is 12.3. The normalized spacial score (nSPS) is 13.5. The fraction of sp³-hybridized carbons (Fsp3) is 0.211. The van der Waals surface area contributed by atoms with Crippen LogP contribution in [0, 0.1) is 13.8 Å². The number of hydrogen-bond donors (Lipinski definition) is 2. The van der Waals surface area contributed by atoms with Gasteiger partial charge in [0.2, 0.25) is 0 Å². The molecule has 0 spiro atoms. The zero-order valence-corrected chi connectivity index (χ0v) is 16.0. The molecule has 136 valence electrons. The summed E-state index contributed by atoms with van der Waals surface area (Å²) in [5.41, 5.74) is 1.99. The summed E-state index contributed by atoms with van der Waals surface area (Å²) in [5.74, 6) is -0.867. The molecule has 0 atom stereocenters. The average molecular weight is 395 g/mol. The summed E-state index contributed by atoms with van der Waals surface area (Å²) in [7, 11) is 0. The monoisotopic (exact) mass is 394 g/mol. The second-order valence-electron chi connectivity index (χ2n) is 6.00. The molecule has 2 aromatic rings. The Hall–Kier alpha value is -2.37. The number of phenolic OH excluding ortho intramolecular Hbond substituents is 2. The second kappa shape index (κ2) is 6.41. The molecule has 0 saturated heterocycles. The van der Waals surface area contributed by atoms with Crippen LogP contribution >= 0.6 is 23.2 Å². The van der Waals surface area contributed by atoms with E-state index in [1.54, 1.807) is 13.8 Å². The molecule has 3 rings (SSSR count). The van der Waals surface area contributed by atoms with Crippen molar-refractivity contribution in [2.75, 3.05) is 0 Å². The zero-order chi connectivity index (χ0) is 19.3. The highest BCUT2D eigenvalue weighted by Gasteiger charge is 2.33. The molecule has 0 bridgehead atoms. The largest absolute Gasteiger partial charge is 0.508 e. The number of fused-ring (bicyclic) bond motifs is 2. The van der Waals surface area contributed by atoms with Crippen molar-refractivity contribution in [3.63, 3.8) is 0 Å². The first-order chi connectivity index (χ1) is 12.2. The Morgan fingerprint density at radius 3 is 2.31 bits per heavy atom. The third kappa shape index (κ3) is 2.59. The van der Waals surface area contributed by atoms with Crippen molar-refractivity contribution in [3.05, 3.63) is 44.4 Å². The van der Waals surface area contributed by atoms with Gasteiger partial charge in [0.1, 0.15) is 16.3 Å². The molecule has 0 radical (unpaired) electrons. The number of aromatic hydroxyl groups is 2. The topological polar surface area (TPSA) is 76.0 Å². The standard InChI is InChI=1S/C19H16Cl2O5/c1-5-7(2)10-6-11(22)8(3)16-17(10)25-18-12(19(24)26-16)9(4)13(20)15(23)14(18)21/h5-6,22-23H,1-4H3/b7-5+. The third-order valence-corrected chi connectivity index (χ3v) is 5.28. The van der Waals surface area contributed by atoms with Gasteiger partial charge in [-0.25, -0.2) is 4.79 Å². The van der Waals surface area contributed by atoms with Crippen molar-refractivity contribution in [2.45, 2.75) is 27.7 Å². The predicted octanol–water partition coefficient (Wildman–Crippen LogP) is 5.77. The van der Waals surface area contributed by atoms with Gasteiger partial charge in [-0.2, -0.15) is 0 Å². The quantitative estimate of drug-likeness (QED) is 0.474. The molecule has 0 aromatic heterocycles. The molecule has 0 saturated carbocycles. The maximum absolute atomic E-state index is 12.7. The Morgan fingerprint density at radius 1 is 1.04 bits per heavy atom. The van der Waals surface area contributed by atoms with E-state index >= 15 is 0 Å². The highest BCUT2D eigenvalue weighted by atomic mass is 35.5. The molecule has 0 amide bonds. The van der Waals surface area contributed by atoms with Crippen molar-refractivity contribution in [1.29, 1.82) is 0 Å². The van der Waals surface area contributed by atoms with Gasteiger partial charge in [-0.15, -0.1) is 0 Å². The van der Waals surface area contributed by atoms with Crippen molar-refractivity contribution in [1.82, 2.24) is 0 Å². The molecule has 5 nitrogen and oxygen atoms in total. The number of benzene rings is 2. The highest BCUT2D eigenvalue weighted by Crippen LogP contribution is 2.52. The lowest BCUT2D eigenvalue weighted by Crippen LogP contribution is -2.10. The Labute approximate surface area is 160 Å². The van der Waals surface area contributed by atoms with Crippen LogP contribution in [0.3, 0.4) is 0 Å². The lowest BCUT2D eigenvalue weighted by atomic mass is 10.0. The van der Waals surface area contributed by atoms with Crippen LogP contribution in [-0.4, -0.2) is 16.2 Å². The van der Waals surface area contributed by atoms with Crippen molar-refractivity contribution in [3.8, 4) is 28.7 Å². The summed E-state index contributed by atoms with van der Waals surface area (Å²) in [4.78, 5) is 12.7. The fourth-order valence-electron chi connectivity index (χ4n) is 2.75. The minimum Gasteiger partial charge on any atom is -0.508 e. The Bertz CT molecular complexity index is 993. The van der Waals surface area contributed by atoms with Gasteiger partial charge in [0.25, 0.3) is 0 Å². The van der Waals surface area contributed by atoms with E-state index in [0.717, 1.165) is 5.57 Å². The molecule has 1 heterocycles. The number of halogens is 2. The predicted molar refractivity (Wildman–Crippen MR) is 100 cm³/mol. The van der Waals surface area contributed by atoms with E-state index in [2.05, 4.69) is 0 Å². The highest BCUT2D eigenvalue weighted by molar-refractivity contribution is 6.39. The minimum atomic E-state index is -0.738. The number of rotatable bonds is 1. The van der Waals surface area contributed by atoms with E-state index in [4.69, 9.17) is 32.7 Å². The molecular formula is C19H16Cl2O5. The number of phenols is 2. The summed E-state index contributed by atoms with van der Waals surface area (Å²) in [6.07, 6.45) is 1.83. The maximum Gasteiger partial charge on any atom is 0.347 e. The summed E-state index contributed by atoms with van der Waals surface area (Å²) < 4.78 is 11.5. The summed E-state index contributed by atoms with van der Waals surface area (Å²) in [6, 6.07) is 1.53. The van der Waals surface area contributed by atoms with Crippen LogP contribution < -0.4 is 9.47 Å². The van der Waals surface area contributed by atoms with Crippen LogP contribution in [0.4, 0.5) is 0 Å². The molecule has 1 aliphatic heterocycles. The van der Waals surface area contributed by atoms with Crippen molar-refractivity contribution >= 4 is 34.7 Å². The van der Waals surface area contributed by atoms with E-state index in [1.807, 2.05) is 19.9 Å². The van der Waals surface area contributed by atoms with Gasteiger partial charge in [0.15, 0.2) is 23.0 Å². The smallest absolute Gasteiger partial charge is 0.347 e. The first-order valence-electron chi connectivity index (χ1n) is 7.79. The molecule has 0 fully saturated rings. The Kier molecular flexibility index (Phi) is 4.54. The van der Waals surface area contributed by atoms with Crippen molar-refractivity contribution < 1.29 is 24.5 Å². The van der Waals surface area contributed by atoms with Gasteiger partial charge in [0, 0.05) is 11.1 Å². The minimum absolute atomic E-state index is 0.0250. The van der Waals surface area contributed by atoms with Gasteiger partial charge in [-0.1, -0.05) is 29.3 Å². The van der Waals surface area contributed by atoms with E-state index in [-0.39, 0.29) is 49.9 Å². The number of hydrogen-bond acceptors (Lipinski definition) is 5. The summed E-state index contributed by atoms with van der Waals surface area (Å²) in [5, 5.41) is 20.1. The van der Waals surface area contributed by atoms with E-state index in [1.165, 1.54) is 6.07 Å².